The van der Waals surface area contributed by atoms with Crippen LogP contribution in [0.5, 0.6) is 5.75 Å². The van der Waals surface area contributed by atoms with Gasteiger partial charge in [-0.2, -0.15) is 0 Å². The van der Waals surface area contributed by atoms with Crippen LogP contribution in [0.2, 0.25) is 0 Å². The van der Waals surface area contributed by atoms with E-state index in [0.717, 1.165) is 11.5 Å². The predicted molar refractivity (Wildman–Crippen MR) is 76.2 cm³/mol. The number of carbonyl (C=O) groups excluding carboxylic acids is 1. The highest BCUT2D eigenvalue weighted by atomic mass is 16.5. The van der Waals surface area contributed by atoms with Crippen molar-refractivity contribution in [3.63, 3.8) is 0 Å². The van der Waals surface area contributed by atoms with Crippen LogP contribution < -0.4 is 9.64 Å². The average Bonchev–Trinajstić information content (AvgIpc) is 2.46. The SMILES string of the molecule is COc1ccc(C)nc1N1CCOC(C(=O)N(C)C)C1. The second kappa shape index (κ2) is 6.09. The van der Waals surface area contributed by atoms with Crippen LogP contribution in [0.3, 0.4) is 0 Å². The zero-order chi connectivity index (χ0) is 14.7. The topological polar surface area (TPSA) is 54.9 Å². The third kappa shape index (κ3) is 3.01. The summed E-state index contributed by atoms with van der Waals surface area (Å²) in [7, 11) is 5.09. The maximum Gasteiger partial charge on any atom is 0.253 e. The van der Waals surface area contributed by atoms with E-state index < -0.39 is 6.10 Å². The Bertz CT molecular complexity index is 491. The lowest BCUT2D eigenvalue weighted by Gasteiger charge is -2.34. The molecule has 0 radical (unpaired) electrons. The van der Waals surface area contributed by atoms with E-state index in [1.807, 2.05) is 24.0 Å². The monoisotopic (exact) mass is 279 g/mol. The van der Waals surface area contributed by atoms with Gasteiger partial charge >= 0.3 is 0 Å². The van der Waals surface area contributed by atoms with Crippen molar-refractivity contribution in [2.24, 2.45) is 0 Å². The normalized spacial score (nSPS) is 18.8. The summed E-state index contributed by atoms with van der Waals surface area (Å²) >= 11 is 0. The fourth-order valence-electron chi connectivity index (χ4n) is 2.20. The molecule has 1 unspecified atom stereocenters. The minimum Gasteiger partial charge on any atom is -0.493 e. The summed E-state index contributed by atoms with van der Waals surface area (Å²) in [6.45, 7) is 3.63. The Morgan fingerprint density at radius 3 is 2.90 bits per heavy atom. The Morgan fingerprint density at radius 2 is 2.25 bits per heavy atom. The average molecular weight is 279 g/mol. The minimum absolute atomic E-state index is 0.0266. The highest BCUT2D eigenvalue weighted by Gasteiger charge is 2.29. The van der Waals surface area contributed by atoms with Gasteiger partial charge < -0.3 is 19.3 Å². The lowest BCUT2D eigenvalue weighted by Crippen LogP contribution is -2.49. The largest absolute Gasteiger partial charge is 0.493 e. The predicted octanol–water partition coefficient (Wildman–Crippen LogP) is 0.692. The van der Waals surface area contributed by atoms with E-state index in [1.54, 1.807) is 26.1 Å². The number of methoxy groups -OCH3 is 1. The van der Waals surface area contributed by atoms with Crippen molar-refractivity contribution in [3.8, 4) is 5.75 Å². The molecule has 1 aromatic heterocycles. The van der Waals surface area contributed by atoms with Gasteiger partial charge in [-0.15, -0.1) is 0 Å². The van der Waals surface area contributed by atoms with E-state index in [1.165, 1.54) is 0 Å². The number of hydrogen-bond acceptors (Lipinski definition) is 5. The molecule has 1 fully saturated rings. The number of pyridine rings is 1. The van der Waals surface area contributed by atoms with Crippen LogP contribution in [0.15, 0.2) is 12.1 Å². The van der Waals surface area contributed by atoms with E-state index in [9.17, 15) is 4.79 Å². The van der Waals surface area contributed by atoms with Crippen LogP contribution in [0.4, 0.5) is 5.82 Å². The summed E-state index contributed by atoms with van der Waals surface area (Å²) in [6, 6.07) is 3.81. The molecule has 1 amide bonds. The first kappa shape index (κ1) is 14.6. The Balaban J connectivity index is 2.20. The zero-order valence-corrected chi connectivity index (χ0v) is 12.4. The molecule has 2 rings (SSSR count). The summed E-state index contributed by atoms with van der Waals surface area (Å²) in [5.41, 5.74) is 0.919. The van der Waals surface area contributed by atoms with E-state index in [2.05, 4.69) is 4.98 Å². The Morgan fingerprint density at radius 1 is 1.50 bits per heavy atom. The van der Waals surface area contributed by atoms with Gasteiger partial charge in [-0.1, -0.05) is 0 Å². The number of hydrogen-bond donors (Lipinski definition) is 0. The Hall–Kier alpha value is -1.82. The van der Waals surface area contributed by atoms with Crippen molar-refractivity contribution in [2.45, 2.75) is 13.0 Å². The Kier molecular flexibility index (Phi) is 4.44. The number of ether oxygens (including phenoxy) is 2. The standard InChI is InChI=1S/C14H21N3O3/c1-10-5-6-11(19-4)13(15-10)17-7-8-20-12(9-17)14(18)16(2)3/h5-6,12H,7-9H2,1-4H3. The highest BCUT2D eigenvalue weighted by Crippen LogP contribution is 2.27. The summed E-state index contributed by atoms with van der Waals surface area (Å²) in [5.74, 6) is 1.46. The van der Waals surface area contributed by atoms with Crippen molar-refractivity contribution in [1.82, 2.24) is 9.88 Å². The number of amides is 1. The number of morpholine rings is 1. The number of rotatable bonds is 3. The van der Waals surface area contributed by atoms with Gasteiger partial charge in [0.05, 0.1) is 20.3 Å². The van der Waals surface area contributed by atoms with E-state index >= 15 is 0 Å². The van der Waals surface area contributed by atoms with Crippen LogP contribution in [-0.2, 0) is 9.53 Å². The van der Waals surface area contributed by atoms with Crippen LogP contribution in [-0.4, -0.2) is 62.8 Å². The number of carbonyl (C=O) groups is 1. The highest BCUT2D eigenvalue weighted by molar-refractivity contribution is 5.81. The van der Waals surface area contributed by atoms with Crippen molar-refractivity contribution in [3.05, 3.63) is 17.8 Å². The molecule has 0 spiro atoms. The summed E-state index contributed by atoms with van der Waals surface area (Å²) in [4.78, 5) is 20.1. The zero-order valence-electron chi connectivity index (χ0n) is 12.4. The van der Waals surface area contributed by atoms with Gasteiger partial charge in [0.25, 0.3) is 5.91 Å². The van der Waals surface area contributed by atoms with E-state index in [-0.39, 0.29) is 5.91 Å². The Labute approximate surface area is 119 Å². The van der Waals surface area contributed by atoms with Gasteiger partial charge in [-0.3, -0.25) is 4.79 Å². The lowest BCUT2D eigenvalue weighted by atomic mass is 10.2. The van der Waals surface area contributed by atoms with Crippen molar-refractivity contribution in [1.29, 1.82) is 0 Å². The van der Waals surface area contributed by atoms with E-state index in [4.69, 9.17) is 9.47 Å². The third-order valence-corrected chi connectivity index (χ3v) is 3.28. The van der Waals surface area contributed by atoms with Crippen LogP contribution >= 0.6 is 0 Å². The van der Waals surface area contributed by atoms with Crippen LogP contribution in [0.25, 0.3) is 0 Å². The molecule has 6 nitrogen and oxygen atoms in total. The van der Waals surface area contributed by atoms with Gasteiger partial charge in [-0.05, 0) is 19.1 Å². The fourth-order valence-corrected chi connectivity index (χ4v) is 2.20. The number of aryl methyl sites for hydroxylation is 1. The first-order valence-corrected chi connectivity index (χ1v) is 6.62. The van der Waals surface area contributed by atoms with Crippen molar-refractivity contribution >= 4 is 11.7 Å². The first-order valence-electron chi connectivity index (χ1n) is 6.62. The van der Waals surface area contributed by atoms with Gasteiger partial charge in [0.2, 0.25) is 0 Å². The molecule has 2 heterocycles. The second-order valence-electron chi connectivity index (χ2n) is 5.02. The molecule has 0 N–H and O–H groups in total. The first-order chi connectivity index (χ1) is 9.52. The molecule has 1 aliphatic rings. The van der Waals surface area contributed by atoms with Gasteiger partial charge in [-0.25, -0.2) is 4.98 Å². The lowest BCUT2D eigenvalue weighted by molar-refractivity contribution is -0.141. The second-order valence-corrected chi connectivity index (χ2v) is 5.02. The summed E-state index contributed by atoms with van der Waals surface area (Å²) in [6.07, 6.45) is -0.453. The summed E-state index contributed by atoms with van der Waals surface area (Å²) in [5, 5.41) is 0. The van der Waals surface area contributed by atoms with Gasteiger partial charge in [0, 0.05) is 26.3 Å². The molecule has 0 aromatic carbocycles. The molecule has 0 saturated carbocycles. The molecule has 0 bridgehead atoms. The molecule has 20 heavy (non-hydrogen) atoms. The van der Waals surface area contributed by atoms with Crippen molar-refractivity contribution in [2.75, 3.05) is 45.8 Å². The number of aromatic nitrogens is 1. The molecule has 1 aromatic rings. The third-order valence-electron chi connectivity index (χ3n) is 3.28. The number of likely N-dealkylation sites (N-methyl/N-ethyl adjacent to an activating group) is 1. The van der Waals surface area contributed by atoms with E-state index in [0.29, 0.717) is 25.4 Å². The summed E-state index contributed by atoms with van der Waals surface area (Å²) < 4.78 is 10.9. The van der Waals surface area contributed by atoms with Crippen LogP contribution in [0, 0.1) is 6.92 Å². The molecule has 0 aliphatic carbocycles. The van der Waals surface area contributed by atoms with Crippen molar-refractivity contribution < 1.29 is 14.3 Å². The maximum atomic E-state index is 12.0. The molecule has 6 heteroatoms. The van der Waals surface area contributed by atoms with Crippen LogP contribution in [0.1, 0.15) is 5.69 Å². The number of nitrogens with zero attached hydrogens (tertiary/aromatic N) is 3. The maximum absolute atomic E-state index is 12.0. The molecule has 110 valence electrons. The van der Waals surface area contributed by atoms with Gasteiger partial charge in [0.1, 0.15) is 0 Å². The molecular formula is C14H21N3O3. The fraction of sp³-hybridized carbons (Fsp3) is 0.571. The minimum atomic E-state index is -0.453. The smallest absolute Gasteiger partial charge is 0.253 e. The van der Waals surface area contributed by atoms with Gasteiger partial charge in [0.15, 0.2) is 17.7 Å². The molecular weight excluding hydrogens is 258 g/mol. The quantitative estimate of drug-likeness (QED) is 0.815. The molecule has 1 saturated heterocycles. The molecule has 1 atom stereocenters. The number of anilines is 1. The molecule has 1 aliphatic heterocycles.